The van der Waals surface area contributed by atoms with Crippen LogP contribution in [-0.2, 0) is 24.3 Å². The molecular weight excluding hydrogens is 332 g/mol. The van der Waals surface area contributed by atoms with Gasteiger partial charge < -0.3 is 11.1 Å². The number of rotatable bonds is 6. The van der Waals surface area contributed by atoms with Crippen LogP contribution in [0.25, 0.3) is 0 Å². The van der Waals surface area contributed by atoms with Gasteiger partial charge in [-0.25, -0.2) is 4.98 Å². The minimum atomic E-state index is -0.486. The van der Waals surface area contributed by atoms with Gasteiger partial charge in [-0.05, 0) is 11.5 Å². The summed E-state index contributed by atoms with van der Waals surface area (Å²) in [4.78, 5) is 20.5. The van der Waals surface area contributed by atoms with Gasteiger partial charge >= 0.3 is 0 Å². The summed E-state index contributed by atoms with van der Waals surface area (Å²) in [5.74, 6) is 0.0255. The molecule has 0 saturated heterocycles. The van der Waals surface area contributed by atoms with Gasteiger partial charge in [-0.2, -0.15) is 0 Å². The number of aromatic nitrogens is 1. The number of thiazole rings is 1. The summed E-state index contributed by atoms with van der Waals surface area (Å²) in [6, 6.07) is 10.0. The fourth-order valence-electron chi connectivity index (χ4n) is 2.98. The molecule has 1 aromatic heterocycles. The van der Waals surface area contributed by atoms with Crippen LogP contribution in [0.4, 0.5) is 5.13 Å². The van der Waals surface area contributed by atoms with Gasteiger partial charge in [-0.15, -0.1) is 11.3 Å². The van der Waals surface area contributed by atoms with Crippen molar-refractivity contribution in [2.24, 2.45) is 11.7 Å². The lowest BCUT2D eigenvalue weighted by atomic mass is 10.00. The second-order valence-electron chi connectivity index (χ2n) is 6.74. The molecule has 2 atom stereocenters. The third-order valence-electron chi connectivity index (χ3n) is 4.85. The van der Waals surface area contributed by atoms with Gasteiger partial charge in [0.05, 0.1) is 11.7 Å². The van der Waals surface area contributed by atoms with E-state index in [9.17, 15) is 4.79 Å². The largest absolute Gasteiger partial charge is 0.320 e. The minimum Gasteiger partial charge on any atom is -0.320 e. The molecule has 0 radical (unpaired) electrons. The SMILES string of the molecule is CCC(C)C(N)C(=O)Nc1nc2c(s1)CN(Cc1ccccc1)CC2. The maximum atomic E-state index is 12.3. The first kappa shape index (κ1) is 18.0. The van der Waals surface area contributed by atoms with Crippen molar-refractivity contribution in [3.8, 4) is 0 Å². The Balaban J connectivity index is 1.62. The van der Waals surface area contributed by atoms with E-state index in [0.29, 0.717) is 5.13 Å². The second-order valence-corrected chi connectivity index (χ2v) is 7.82. The van der Waals surface area contributed by atoms with Crippen LogP contribution >= 0.6 is 11.3 Å². The summed E-state index contributed by atoms with van der Waals surface area (Å²) < 4.78 is 0. The Morgan fingerprint density at radius 3 is 2.88 bits per heavy atom. The Morgan fingerprint density at radius 1 is 1.40 bits per heavy atom. The molecule has 0 bridgehead atoms. The highest BCUT2D eigenvalue weighted by Gasteiger charge is 2.24. The molecule has 5 nitrogen and oxygen atoms in total. The molecule has 1 aliphatic heterocycles. The molecule has 134 valence electrons. The Labute approximate surface area is 153 Å². The van der Waals surface area contributed by atoms with Crippen molar-refractivity contribution in [2.45, 2.75) is 45.8 Å². The minimum absolute atomic E-state index is 0.137. The van der Waals surface area contributed by atoms with Crippen LogP contribution in [0.1, 0.15) is 36.4 Å². The number of nitrogens with zero attached hydrogens (tertiary/aromatic N) is 2. The number of anilines is 1. The fourth-order valence-corrected chi connectivity index (χ4v) is 4.03. The maximum absolute atomic E-state index is 12.3. The van der Waals surface area contributed by atoms with E-state index in [-0.39, 0.29) is 11.8 Å². The molecule has 2 aromatic rings. The molecular formula is C19H26N4OS. The maximum Gasteiger partial charge on any atom is 0.243 e. The van der Waals surface area contributed by atoms with Gasteiger partial charge in [0.1, 0.15) is 0 Å². The Bertz CT molecular complexity index is 715. The van der Waals surface area contributed by atoms with Crippen LogP contribution in [0.2, 0.25) is 0 Å². The van der Waals surface area contributed by atoms with Gasteiger partial charge in [-0.1, -0.05) is 50.6 Å². The fraction of sp³-hybridized carbons (Fsp3) is 0.474. The normalized spacial score (nSPS) is 16.9. The number of fused-ring (bicyclic) bond motifs is 1. The number of benzene rings is 1. The zero-order valence-electron chi connectivity index (χ0n) is 14.9. The quantitative estimate of drug-likeness (QED) is 0.833. The molecule has 6 heteroatoms. The molecule has 3 N–H and O–H groups in total. The number of carbonyl (C=O) groups is 1. The number of amides is 1. The van der Waals surface area contributed by atoms with E-state index in [1.807, 2.05) is 19.9 Å². The average molecular weight is 359 g/mol. The highest BCUT2D eigenvalue weighted by molar-refractivity contribution is 7.15. The van der Waals surface area contributed by atoms with E-state index in [0.717, 1.165) is 38.2 Å². The van der Waals surface area contributed by atoms with Crippen LogP contribution in [0.5, 0.6) is 0 Å². The van der Waals surface area contributed by atoms with Crippen molar-refractivity contribution in [3.05, 3.63) is 46.5 Å². The number of hydrogen-bond donors (Lipinski definition) is 2. The molecule has 0 fully saturated rings. The molecule has 2 unspecified atom stereocenters. The van der Waals surface area contributed by atoms with Crippen LogP contribution in [0.15, 0.2) is 30.3 Å². The predicted molar refractivity (Wildman–Crippen MR) is 102 cm³/mol. The van der Waals surface area contributed by atoms with E-state index in [4.69, 9.17) is 5.73 Å². The number of nitrogens with two attached hydrogens (primary N) is 1. The molecule has 1 aliphatic rings. The average Bonchev–Trinajstić information content (AvgIpc) is 3.02. The summed E-state index contributed by atoms with van der Waals surface area (Å²) in [6.45, 7) is 6.86. The first-order valence-electron chi connectivity index (χ1n) is 8.88. The van der Waals surface area contributed by atoms with E-state index < -0.39 is 6.04 Å². The Kier molecular flexibility index (Phi) is 5.83. The zero-order valence-corrected chi connectivity index (χ0v) is 15.7. The van der Waals surface area contributed by atoms with Crippen molar-refractivity contribution in [2.75, 3.05) is 11.9 Å². The van der Waals surface area contributed by atoms with Crippen molar-refractivity contribution >= 4 is 22.4 Å². The molecule has 0 spiro atoms. The van der Waals surface area contributed by atoms with E-state index >= 15 is 0 Å². The van der Waals surface area contributed by atoms with Gasteiger partial charge in [0.2, 0.25) is 5.91 Å². The van der Waals surface area contributed by atoms with E-state index in [1.165, 1.54) is 10.4 Å². The molecule has 3 rings (SSSR count). The first-order valence-corrected chi connectivity index (χ1v) is 9.69. The summed E-state index contributed by atoms with van der Waals surface area (Å²) in [6.07, 6.45) is 1.81. The Hall–Kier alpha value is -1.76. The Morgan fingerprint density at radius 2 is 2.16 bits per heavy atom. The molecule has 25 heavy (non-hydrogen) atoms. The summed E-state index contributed by atoms with van der Waals surface area (Å²) in [5, 5.41) is 3.58. The lowest BCUT2D eigenvalue weighted by Crippen LogP contribution is -2.40. The smallest absolute Gasteiger partial charge is 0.243 e. The van der Waals surface area contributed by atoms with Gasteiger partial charge in [0.15, 0.2) is 5.13 Å². The van der Waals surface area contributed by atoms with Crippen LogP contribution in [0.3, 0.4) is 0 Å². The second kappa shape index (κ2) is 8.08. The lowest BCUT2D eigenvalue weighted by molar-refractivity contribution is -0.118. The number of hydrogen-bond acceptors (Lipinski definition) is 5. The molecule has 2 heterocycles. The highest BCUT2D eigenvalue weighted by Crippen LogP contribution is 2.29. The topological polar surface area (TPSA) is 71.2 Å². The third kappa shape index (κ3) is 4.45. The summed E-state index contributed by atoms with van der Waals surface area (Å²) in [7, 11) is 0. The highest BCUT2D eigenvalue weighted by atomic mass is 32.1. The third-order valence-corrected chi connectivity index (χ3v) is 5.85. The van der Waals surface area contributed by atoms with Crippen molar-refractivity contribution in [1.82, 2.24) is 9.88 Å². The lowest BCUT2D eigenvalue weighted by Gasteiger charge is -2.25. The predicted octanol–water partition coefficient (Wildman–Crippen LogP) is 3.01. The molecule has 0 saturated carbocycles. The van der Waals surface area contributed by atoms with Crippen LogP contribution in [-0.4, -0.2) is 28.4 Å². The zero-order chi connectivity index (χ0) is 17.8. The summed E-state index contributed by atoms with van der Waals surface area (Å²) in [5.41, 5.74) is 8.44. The van der Waals surface area contributed by atoms with Crippen molar-refractivity contribution in [3.63, 3.8) is 0 Å². The molecule has 1 aromatic carbocycles. The van der Waals surface area contributed by atoms with Crippen LogP contribution < -0.4 is 11.1 Å². The van der Waals surface area contributed by atoms with Gasteiger partial charge in [0.25, 0.3) is 0 Å². The van der Waals surface area contributed by atoms with Gasteiger partial charge in [-0.3, -0.25) is 9.69 Å². The van der Waals surface area contributed by atoms with E-state index in [1.54, 1.807) is 11.3 Å². The van der Waals surface area contributed by atoms with Gasteiger partial charge in [0, 0.05) is 30.9 Å². The van der Waals surface area contributed by atoms with Crippen molar-refractivity contribution < 1.29 is 4.79 Å². The van der Waals surface area contributed by atoms with Crippen LogP contribution in [0, 0.1) is 5.92 Å². The molecule has 0 aliphatic carbocycles. The number of nitrogens with one attached hydrogen (secondary N) is 1. The van der Waals surface area contributed by atoms with E-state index in [2.05, 4.69) is 39.5 Å². The first-order chi connectivity index (χ1) is 12.1. The standard InChI is InChI=1S/C19H26N4OS/c1-3-13(2)17(20)18(24)22-19-21-15-9-10-23(12-16(15)25-19)11-14-7-5-4-6-8-14/h4-8,13,17H,3,9-12,20H2,1-2H3,(H,21,22,24). The summed E-state index contributed by atoms with van der Waals surface area (Å²) >= 11 is 1.57. The number of carbonyl (C=O) groups excluding carboxylic acids is 1. The molecule has 1 amide bonds. The van der Waals surface area contributed by atoms with Crippen molar-refractivity contribution in [1.29, 1.82) is 0 Å². The monoisotopic (exact) mass is 358 g/mol.